The summed E-state index contributed by atoms with van der Waals surface area (Å²) in [4.78, 5) is 28.6. The van der Waals surface area contributed by atoms with E-state index >= 15 is 0 Å². The second-order valence-electron chi connectivity index (χ2n) is 4.67. The molecule has 0 atom stereocenters. The average Bonchev–Trinajstić information content (AvgIpc) is 2.35. The van der Waals surface area contributed by atoms with Crippen LogP contribution >= 0.6 is 0 Å². The lowest BCUT2D eigenvalue weighted by molar-refractivity contribution is -0.120. The standard InChI is InChI=1S/C13H20N4O3/c1-4-17(7-12(18)16-8(2)3)11-5-9(13(19)20)10(14)6-15-11/h5-6,8H,4,7,14H2,1-3H3,(H,16,18)(H,19,20). The highest BCUT2D eigenvalue weighted by Gasteiger charge is 2.15. The number of carbonyl (C=O) groups excluding carboxylic acids is 1. The minimum absolute atomic E-state index is 0.0160. The van der Waals surface area contributed by atoms with Gasteiger partial charge >= 0.3 is 5.97 Å². The van der Waals surface area contributed by atoms with E-state index in [-0.39, 0.29) is 29.7 Å². The van der Waals surface area contributed by atoms with Gasteiger partial charge in [-0.05, 0) is 26.8 Å². The van der Waals surface area contributed by atoms with Gasteiger partial charge in [-0.1, -0.05) is 0 Å². The van der Waals surface area contributed by atoms with Crippen LogP contribution in [0.25, 0.3) is 0 Å². The summed E-state index contributed by atoms with van der Waals surface area (Å²) in [6, 6.07) is 1.43. The van der Waals surface area contributed by atoms with Gasteiger partial charge in [0, 0.05) is 12.6 Å². The number of likely N-dealkylation sites (N-methyl/N-ethyl adjacent to an activating group) is 1. The van der Waals surface area contributed by atoms with E-state index in [2.05, 4.69) is 10.3 Å². The topological polar surface area (TPSA) is 109 Å². The summed E-state index contributed by atoms with van der Waals surface area (Å²) in [5.74, 6) is -0.843. The Morgan fingerprint density at radius 3 is 2.65 bits per heavy atom. The number of amides is 1. The molecule has 0 fully saturated rings. The maximum absolute atomic E-state index is 11.8. The number of nitrogen functional groups attached to an aromatic ring is 1. The Morgan fingerprint density at radius 2 is 2.15 bits per heavy atom. The molecule has 4 N–H and O–H groups in total. The molecule has 0 aliphatic heterocycles. The summed E-state index contributed by atoms with van der Waals surface area (Å²) >= 11 is 0. The molecular weight excluding hydrogens is 260 g/mol. The average molecular weight is 280 g/mol. The summed E-state index contributed by atoms with van der Waals surface area (Å²) in [5, 5.41) is 11.8. The first-order valence-corrected chi connectivity index (χ1v) is 6.38. The van der Waals surface area contributed by atoms with Crippen LogP contribution in [0, 0.1) is 0 Å². The van der Waals surface area contributed by atoms with Crippen molar-refractivity contribution in [1.82, 2.24) is 10.3 Å². The maximum Gasteiger partial charge on any atom is 0.337 e. The minimum Gasteiger partial charge on any atom is -0.478 e. The van der Waals surface area contributed by atoms with Gasteiger partial charge in [-0.3, -0.25) is 4.79 Å². The van der Waals surface area contributed by atoms with Gasteiger partial charge in [-0.25, -0.2) is 9.78 Å². The minimum atomic E-state index is -1.12. The van der Waals surface area contributed by atoms with Crippen LogP contribution in [0.3, 0.4) is 0 Å². The molecule has 20 heavy (non-hydrogen) atoms. The fourth-order valence-electron chi connectivity index (χ4n) is 1.71. The van der Waals surface area contributed by atoms with Gasteiger partial charge < -0.3 is 21.1 Å². The number of rotatable bonds is 6. The summed E-state index contributed by atoms with van der Waals surface area (Å²) in [6.45, 7) is 6.25. The maximum atomic E-state index is 11.8. The number of nitrogens with one attached hydrogen (secondary N) is 1. The van der Waals surface area contributed by atoms with Crippen molar-refractivity contribution in [3.05, 3.63) is 17.8 Å². The van der Waals surface area contributed by atoms with Gasteiger partial charge in [-0.15, -0.1) is 0 Å². The smallest absolute Gasteiger partial charge is 0.337 e. The molecule has 0 unspecified atom stereocenters. The Kier molecular flexibility index (Phi) is 5.31. The van der Waals surface area contributed by atoms with Crippen molar-refractivity contribution < 1.29 is 14.7 Å². The van der Waals surface area contributed by atoms with Crippen molar-refractivity contribution in [2.75, 3.05) is 23.7 Å². The van der Waals surface area contributed by atoms with E-state index in [9.17, 15) is 9.59 Å². The Hall–Kier alpha value is -2.31. The van der Waals surface area contributed by atoms with Crippen molar-refractivity contribution in [3.63, 3.8) is 0 Å². The molecule has 7 heteroatoms. The second-order valence-corrected chi connectivity index (χ2v) is 4.67. The largest absolute Gasteiger partial charge is 0.478 e. The van der Waals surface area contributed by atoms with E-state index < -0.39 is 5.97 Å². The van der Waals surface area contributed by atoms with Crippen molar-refractivity contribution in [2.45, 2.75) is 26.8 Å². The van der Waals surface area contributed by atoms with Gasteiger partial charge in [0.05, 0.1) is 24.0 Å². The van der Waals surface area contributed by atoms with Crippen LogP contribution in [-0.2, 0) is 4.79 Å². The first kappa shape index (κ1) is 15.7. The molecule has 0 saturated carbocycles. The van der Waals surface area contributed by atoms with Crippen molar-refractivity contribution >= 4 is 23.4 Å². The zero-order chi connectivity index (χ0) is 15.3. The molecule has 1 amide bonds. The number of aromatic carboxylic acids is 1. The lowest BCUT2D eigenvalue weighted by atomic mass is 10.2. The van der Waals surface area contributed by atoms with Gasteiger partial charge in [-0.2, -0.15) is 0 Å². The molecule has 1 aromatic rings. The number of carboxylic acid groups (broad SMARTS) is 1. The van der Waals surface area contributed by atoms with Gasteiger partial charge in [0.25, 0.3) is 0 Å². The third kappa shape index (κ3) is 4.11. The molecule has 0 aliphatic carbocycles. The van der Waals surface area contributed by atoms with Crippen LogP contribution in [0.5, 0.6) is 0 Å². The first-order chi connectivity index (χ1) is 9.35. The number of anilines is 2. The number of aromatic nitrogens is 1. The highest BCUT2D eigenvalue weighted by molar-refractivity contribution is 5.94. The van der Waals surface area contributed by atoms with Gasteiger partial charge in [0.2, 0.25) is 5.91 Å². The molecule has 0 radical (unpaired) electrons. The van der Waals surface area contributed by atoms with E-state index in [1.165, 1.54) is 12.3 Å². The molecule has 0 bridgehead atoms. The number of nitrogens with zero attached hydrogens (tertiary/aromatic N) is 2. The van der Waals surface area contributed by atoms with Crippen LogP contribution in [0.15, 0.2) is 12.3 Å². The Morgan fingerprint density at radius 1 is 1.50 bits per heavy atom. The number of carbonyl (C=O) groups is 2. The first-order valence-electron chi connectivity index (χ1n) is 6.38. The zero-order valence-corrected chi connectivity index (χ0v) is 11.9. The normalized spacial score (nSPS) is 10.4. The fourth-order valence-corrected chi connectivity index (χ4v) is 1.71. The zero-order valence-electron chi connectivity index (χ0n) is 11.9. The molecule has 1 aromatic heterocycles. The van der Waals surface area contributed by atoms with Crippen molar-refractivity contribution in [1.29, 1.82) is 0 Å². The molecule has 1 heterocycles. The predicted molar refractivity (Wildman–Crippen MR) is 76.8 cm³/mol. The van der Waals surface area contributed by atoms with Crippen LogP contribution in [-0.4, -0.2) is 41.1 Å². The number of pyridine rings is 1. The quantitative estimate of drug-likeness (QED) is 0.708. The van der Waals surface area contributed by atoms with Crippen LogP contribution < -0.4 is 16.0 Å². The van der Waals surface area contributed by atoms with E-state index in [1.807, 2.05) is 20.8 Å². The lowest BCUT2D eigenvalue weighted by Crippen LogP contribution is -2.40. The number of hydrogen-bond acceptors (Lipinski definition) is 5. The van der Waals surface area contributed by atoms with Gasteiger partial charge in [0.15, 0.2) is 0 Å². The summed E-state index contributed by atoms with van der Waals surface area (Å²) in [6.07, 6.45) is 1.29. The Balaban J connectivity index is 2.92. The summed E-state index contributed by atoms with van der Waals surface area (Å²) < 4.78 is 0. The van der Waals surface area contributed by atoms with Crippen LogP contribution in [0.1, 0.15) is 31.1 Å². The molecule has 0 spiro atoms. The monoisotopic (exact) mass is 280 g/mol. The van der Waals surface area contributed by atoms with Gasteiger partial charge in [0.1, 0.15) is 5.82 Å². The van der Waals surface area contributed by atoms with E-state index in [1.54, 1.807) is 4.90 Å². The van der Waals surface area contributed by atoms with Crippen molar-refractivity contribution in [2.24, 2.45) is 0 Å². The van der Waals surface area contributed by atoms with Crippen molar-refractivity contribution in [3.8, 4) is 0 Å². The Labute approximate surface area is 117 Å². The van der Waals surface area contributed by atoms with Crippen LogP contribution in [0.4, 0.5) is 11.5 Å². The lowest BCUT2D eigenvalue weighted by Gasteiger charge is -2.22. The molecule has 0 saturated heterocycles. The molecule has 7 nitrogen and oxygen atoms in total. The summed E-state index contributed by atoms with van der Waals surface area (Å²) in [7, 11) is 0. The van der Waals surface area contributed by atoms with E-state index in [0.717, 1.165) is 0 Å². The number of nitrogens with two attached hydrogens (primary N) is 1. The van der Waals surface area contributed by atoms with E-state index in [0.29, 0.717) is 12.4 Å². The second kappa shape index (κ2) is 6.74. The number of hydrogen-bond donors (Lipinski definition) is 3. The Bertz CT molecular complexity index is 502. The summed E-state index contributed by atoms with van der Waals surface area (Å²) in [5.41, 5.74) is 5.64. The molecule has 0 aliphatic rings. The highest BCUT2D eigenvalue weighted by atomic mass is 16.4. The molecule has 0 aromatic carbocycles. The highest BCUT2D eigenvalue weighted by Crippen LogP contribution is 2.18. The number of carboxylic acids is 1. The third-order valence-electron chi connectivity index (χ3n) is 2.64. The fraction of sp³-hybridized carbons (Fsp3) is 0.462. The SMILES string of the molecule is CCN(CC(=O)NC(C)C)c1cc(C(=O)O)c(N)cn1. The van der Waals surface area contributed by atoms with E-state index in [4.69, 9.17) is 10.8 Å². The predicted octanol–water partition coefficient (Wildman–Crippen LogP) is 0.713. The molecular formula is C13H20N4O3. The third-order valence-corrected chi connectivity index (χ3v) is 2.64. The van der Waals surface area contributed by atoms with Crippen LogP contribution in [0.2, 0.25) is 0 Å². The molecule has 1 rings (SSSR count). The molecule has 110 valence electrons.